The molecule has 0 radical (unpaired) electrons. The van der Waals surface area contributed by atoms with Gasteiger partial charge in [-0.1, -0.05) is 42.5 Å². The molecule has 5 heteroatoms. The topological polar surface area (TPSA) is 58.6 Å². The number of aryl methyl sites for hydroxylation is 2. The molecule has 0 unspecified atom stereocenters. The largest absolute Gasteiger partial charge is 0.483 e. The van der Waals surface area contributed by atoms with Crippen LogP contribution in [0.3, 0.4) is 0 Å². The Hall–Kier alpha value is -2.82. The van der Waals surface area contributed by atoms with Crippen LogP contribution in [0.5, 0.6) is 5.75 Å². The number of nitrogens with zero attached hydrogens (tertiary/aromatic N) is 1. The van der Waals surface area contributed by atoms with Gasteiger partial charge in [-0.2, -0.15) is 0 Å². The summed E-state index contributed by atoms with van der Waals surface area (Å²) in [6, 6.07) is 14.9. The lowest BCUT2D eigenvalue weighted by Crippen LogP contribution is -2.53. The zero-order valence-electron chi connectivity index (χ0n) is 18.3. The van der Waals surface area contributed by atoms with Crippen molar-refractivity contribution in [3.63, 3.8) is 0 Å². The lowest BCUT2D eigenvalue weighted by molar-refractivity contribution is -0.142. The molecule has 5 nitrogen and oxygen atoms in total. The summed E-state index contributed by atoms with van der Waals surface area (Å²) in [5, 5.41) is 2.96. The molecule has 2 rings (SSSR count). The molecule has 2 aromatic rings. The van der Waals surface area contributed by atoms with E-state index in [1.54, 1.807) is 11.8 Å². The van der Waals surface area contributed by atoms with Crippen LogP contribution in [-0.2, 0) is 16.1 Å². The fourth-order valence-electron chi connectivity index (χ4n) is 2.92. The van der Waals surface area contributed by atoms with E-state index in [2.05, 4.69) is 5.32 Å². The first kappa shape index (κ1) is 22.5. The van der Waals surface area contributed by atoms with Gasteiger partial charge in [0, 0.05) is 12.1 Å². The van der Waals surface area contributed by atoms with Crippen molar-refractivity contribution in [2.24, 2.45) is 0 Å². The quantitative estimate of drug-likeness (QED) is 0.769. The van der Waals surface area contributed by atoms with E-state index in [0.717, 1.165) is 16.7 Å². The number of carbonyl (C=O) groups is 2. The van der Waals surface area contributed by atoms with E-state index in [4.69, 9.17) is 4.74 Å². The van der Waals surface area contributed by atoms with Crippen molar-refractivity contribution in [3.8, 4) is 5.75 Å². The molecule has 0 aliphatic heterocycles. The Morgan fingerprint density at radius 1 is 1.07 bits per heavy atom. The third-order valence-electron chi connectivity index (χ3n) is 4.56. The van der Waals surface area contributed by atoms with Crippen molar-refractivity contribution < 1.29 is 14.3 Å². The number of hydrogen-bond donors (Lipinski definition) is 1. The second-order valence-corrected chi connectivity index (χ2v) is 8.48. The molecule has 0 fully saturated rings. The average molecular weight is 397 g/mol. The molecule has 0 aromatic heterocycles. The Morgan fingerprint density at radius 3 is 2.34 bits per heavy atom. The van der Waals surface area contributed by atoms with Crippen LogP contribution >= 0.6 is 0 Å². The maximum absolute atomic E-state index is 13.0. The Balaban J connectivity index is 2.17. The number of rotatable bonds is 7. The molecular weight excluding hydrogens is 364 g/mol. The van der Waals surface area contributed by atoms with Crippen molar-refractivity contribution >= 4 is 11.8 Å². The van der Waals surface area contributed by atoms with Crippen molar-refractivity contribution in [1.82, 2.24) is 10.2 Å². The molecule has 0 aliphatic carbocycles. The molecule has 29 heavy (non-hydrogen) atoms. The van der Waals surface area contributed by atoms with Crippen molar-refractivity contribution in [2.45, 2.75) is 59.7 Å². The second kappa shape index (κ2) is 9.59. The van der Waals surface area contributed by atoms with Crippen molar-refractivity contribution in [2.75, 3.05) is 6.61 Å². The highest BCUT2D eigenvalue weighted by atomic mass is 16.5. The van der Waals surface area contributed by atoms with E-state index < -0.39 is 6.04 Å². The number of hydrogen-bond acceptors (Lipinski definition) is 3. The zero-order chi connectivity index (χ0) is 21.6. The third kappa shape index (κ3) is 6.93. The van der Waals surface area contributed by atoms with Crippen molar-refractivity contribution in [3.05, 3.63) is 65.2 Å². The van der Waals surface area contributed by atoms with Crippen LogP contribution in [0.2, 0.25) is 0 Å². The van der Waals surface area contributed by atoms with Crippen molar-refractivity contribution in [1.29, 1.82) is 0 Å². The molecule has 1 atom stereocenters. The molecule has 0 spiro atoms. The van der Waals surface area contributed by atoms with Crippen LogP contribution in [0.25, 0.3) is 0 Å². The summed E-state index contributed by atoms with van der Waals surface area (Å²) in [6.45, 7) is 11.7. The van der Waals surface area contributed by atoms with E-state index in [1.807, 2.05) is 83.1 Å². The summed E-state index contributed by atoms with van der Waals surface area (Å²) in [6.07, 6.45) is 0. The van der Waals surface area contributed by atoms with Gasteiger partial charge in [-0.05, 0) is 64.3 Å². The van der Waals surface area contributed by atoms with Gasteiger partial charge in [-0.25, -0.2) is 0 Å². The molecule has 0 saturated carbocycles. The van der Waals surface area contributed by atoms with Crippen LogP contribution < -0.4 is 10.1 Å². The minimum atomic E-state index is -0.621. The van der Waals surface area contributed by atoms with E-state index >= 15 is 0 Å². The molecule has 0 aliphatic rings. The highest BCUT2D eigenvalue weighted by Crippen LogP contribution is 2.19. The Bertz CT molecular complexity index is 841. The molecule has 0 heterocycles. The van der Waals surface area contributed by atoms with Gasteiger partial charge in [-0.15, -0.1) is 0 Å². The van der Waals surface area contributed by atoms with Gasteiger partial charge in [0.05, 0.1) is 0 Å². The number of nitrogens with one attached hydrogen (secondary N) is 1. The minimum absolute atomic E-state index is 0.121. The van der Waals surface area contributed by atoms with Crippen LogP contribution in [-0.4, -0.2) is 34.9 Å². The highest BCUT2D eigenvalue weighted by Gasteiger charge is 2.28. The zero-order valence-corrected chi connectivity index (χ0v) is 18.3. The minimum Gasteiger partial charge on any atom is -0.483 e. The van der Waals surface area contributed by atoms with E-state index in [-0.39, 0.29) is 24.0 Å². The van der Waals surface area contributed by atoms with Gasteiger partial charge < -0.3 is 15.0 Å². The monoisotopic (exact) mass is 396 g/mol. The second-order valence-electron chi connectivity index (χ2n) is 8.48. The third-order valence-corrected chi connectivity index (χ3v) is 4.56. The Kier molecular flexibility index (Phi) is 7.43. The first-order chi connectivity index (χ1) is 13.6. The Labute approximate surface area is 174 Å². The van der Waals surface area contributed by atoms with Gasteiger partial charge in [0.1, 0.15) is 11.8 Å². The average Bonchev–Trinajstić information content (AvgIpc) is 2.65. The molecule has 0 bridgehead atoms. The van der Waals surface area contributed by atoms with Gasteiger partial charge in [0.25, 0.3) is 5.91 Å². The molecule has 1 N–H and O–H groups in total. The van der Waals surface area contributed by atoms with Crippen LogP contribution in [0.1, 0.15) is 44.4 Å². The normalized spacial score (nSPS) is 12.2. The lowest BCUT2D eigenvalue weighted by atomic mass is 10.1. The van der Waals surface area contributed by atoms with E-state index in [1.165, 1.54) is 0 Å². The lowest BCUT2D eigenvalue weighted by Gasteiger charge is -2.31. The Morgan fingerprint density at radius 2 is 1.72 bits per heavy atom. The summed E-state index contributed by atoms with van der Waals surface area (Å²) in [7, 11) is 0. The van der Waals surface area contributed by atoms with Gasteiger partial charge >= 0.3 is 0 Å². The number of ether oxygens (including phenoxy) is 1. The van der Waals surface area contributed by atoms with Crippen LogP contribution in [0.4, 0.5) is 0 Å². The summed E-state index contributed by atoms with van der Waals surface area (Å²) >= 11 is 0. The first-order valence-corrected chi connectivity index (χ1v) is 9.92. The summed E-state index contributed by atoms with van der Waals surface area (Å²) in [5.74, 6) is 0.268. The maximum atomic E-state index is 13.0. The first-order valence-electron chi connectivity index (χ1n) is 9.92. The number of benzene rings is 2. The number of carbonyl (C=O) groups excluding carboxylic acids is 2. The summed E-state index contributed by atoms with van der Waals surface area (Å²) in [4.78, 5) is 27.3. The molecule has 2 aromatic carbocycles. The van der Waals surface area contributed by atoms with Crippen LogP contribution in [0.15, 0.2) is 48.5 Å². The fourth-order valence-corrected chi connectivity index (χ4v) is 2.92. The SMILES string of the molecule is Cc1ccc(C)c(OCC(=O)N(Cc2ccccc2)[C@H](C)C(=O)NC(C)(C)C)c1. The smallest absolute Gasteiger partial charge is 0.261 e. The highest BCUT2D eigenvalue weighted by molar-refractivity contribution is 5.88. The standard InChI is InChI=1S/C24H32N2O3/c1-17-12-13-18(2)21(14-17)29-16-22(27)26(15-20-10-8-7-9-11-20)19(3)23(28)25-24(4,5)6/h7-14,19H,15-16H2,1-6H3,(H,25,28)/t19-/m1/s1. The molecule has 2 amide bonds. The van der Waals surface area contributed by atoms with E-state index in [9.17, 15) is 9.59 Å². The summed E-state index contributed by atoms with van der Waals surface area (Å²) in [5.41, 5.74) is 2.62. The molecule has 0 saturated heterocycles. The molecule has 156 valence electrons. The van der Waals surface area contributed by atoms with E-state index in [0.29, 0.717) is 12.3 Å². The maximum Gasteiger partial charge on any atom is 0.261 e. The van der Waals surface area contributed by atoms with Crippen LogP contribution in [0, 0.1) is 13.8 Å². The molecular formula is C24H32N2O3. The summed E-state index contributed by atoms with van der Waals surface area (Å²) < 4.78 is 5.81. The van der Waals surface area contributed by atoms with Gasteiger partial charge in [0.15, 0.2) is 6.61 Å². The van der Waals surface area contributed by atoms with Gasteiger partial charge in [-0.3, -0.25) is 9.59 Å². The number of amides is 2. The fraction of sp³-hybridized carbons (Fsp3) is 0.417. The predicted octanol–water partition coefficient (Wildman–Crippen LogP) is 4.01. The predicted molar refractivity (Wildman–Crippen MR) is 116 cm³/mol. The van der Waals surface area contributed by atoms with Gasteiger partial charge in [0.2, 0.25) is 5.91 Å².